The largest absolute Gasteiger partial charge is 0.309 e. The quantitative estimate of drug-likeness (QED) is 0.723. The molecular formula is C19H26N6OS2. The van der Waals surface area contributed by atoms with Gasteiger partial charge in [-0.15, -0.1) is 20.4 Å². The number of hydrogen-bond acceptors (Lipinski definition) is 7. The van der Waals surface area contributed by atoms with E-state index in [1.807, 2.05) is 14.0 Å². The third kappa shape index (κ3) is 3.58. The molecule has 6 rings (SSSR count). The lowest BCUT2D eigenvalue weighted by molar-refractivity contribution is -0.113. The van der Waals surface area contributed by atoms with Gasteiger partial charge in [0, 0.05) is 13.5 Å². The van der Waals surface area contributed by atoms with Crippen LogP contribution in [0.1, 0.15) is 49.4 Å². The number of nitrogens with zero attached hydrogens (tertiary/aromatic N) is 5. The standard InChI is InChI=1S/C19H26N6OS2/c1-11-21-23-17(28-11)20-16(26)10-27-18-24-22-15(25(18)2)9-19-6-12-3-13(7-19)5-14(4-12)8-19/h12-14H,3-10H2,1-2H3,(H,20,23,26). The van der Waals surface area contributed by atoms with Crippen molar-refractivity contribution in [2.24, 2.45) is 30.2 Å². The zero-order valence-electron chi connectivity index (χ0n) is 16.3. The second kappa shape index (κ2) is 7.09. The van der Waals surface area contributed by atoms with Gasteiger partial charge in [0.2, 0.25) is 11.0 Å². The Morgan fingerprint density at radius 3 is 2.43 bits per heavy atom. The van der Waals surface area contributed by atoms with Crippen molar-refractivity contribution >= 4 is 34.1 Å². The topological polar surface area (TPSA) is 85.6 Å². The van der Waals surface area contributed by atoms with Crippen LogP contribution in [0.2, 0.25) is 0 Å². The lowest BCUT2D eigenvalue weighted by Gasteiger charge is -2.56. The summed E-state index contributed by atoms with van der Waals surface area (Å²) in [5.74, 6) is 4.11. The lowest BCUT2D eigenvalue weighted by atomic mass is 9.49. The predicted molar refractivity (Wildman–Crippen MR) is 109 cm³/mol. The van der Waals surface area contributed by atoms with Gasteiger partial charge in [0.1, 0.15) is 10.8 Å². The highest BCUT2D eigenvalue weighted by molar-refractivity contribution is 7.99. The first-order valence-corrected chi connectivity index (χ1v) is 11.9. The van der Waals surface area contributed by atoms with E-state index in [1.165, 1.54) is 61.6 Å². The Bertz CT molecular complexity index is 856. The fourth-order valence-electron chi connectivity index (χ4n) is 6.10. The van der Waals surface area contributed by atoms with E-state index in [-0.39, 0.29) is 5.91 Å². The van der Waals surface area contributed by atoms with Crippen LogP contribution in [0.4, 0.5) is 5.13 Å². The molecule has 9 heteroatoms. The molecule has 0 aromatic carbocycles. The van der Waals surface area contributed by atoms with Gasteiger partial charge in [-0.2, -0.15) is 0 Å². The number of anilines is 1. The monoisotopic (exact) mass is 418 g/mol. The minimum absolute atomic E-state index is 0.0909. The molecular weight excluding hydrogens is 392 g/mol. The first-order valence-electron chi connectivity index (χ1n) is 10.1. The van der Waals surface area contributed by atoms with E-state index < -0.39 is 0 Å². The molecule has 4 aliphatic carbocycles. The molecule has 4 bridgehead atoms. The van der Waals surface area contributed by atoms with Gasteiger partial charge >= 0.3 is 0 Å². The molecule has 0 radical (unpaired) electrons. The normalized spacial score (nSPS) is 30.7. The highest BCUT2D eigenvalue weighted by Crippen LogP contribution is 2.60. The molecule has 0 atom stereocenters. The van der Waals surface area contributed by atoms with Crippen molar-refractivity contribution in [1.82, 2.24) is 25.0 Å². The molecule has 4 aliphatic rings. The van der Waals surface area contributed by atoms with Crippen molar-refractivity contribution in [2.45, 2.75) is 57.0 Å². The van der Waals surface area contributed by atoms with Crippen LogP contribution in [0.25, 0.3) is 0 Å². The fourth-order valence-corrected chi connectivity index (χ4v) is 7.44. The van der Waals surface area contributed by atoms with E-state index in [4.69, 9.17) is 0 Å². The van der Waals surface area contributed by atoms with Gasteiger partial charge in [-0.05, 0) is 68.6 Å². The number of rotatable bonds is 6. The SMILES string of the molecule is Cc1nnc(NC(=O)CSc2nnc(CC34CC5CC(CC(C5)C3)C4)n2C)s1. The van der Waals surface area contributed by atoms with Gasteiger partial charge in [-0.3, -0.25) is 10.1 Å². The number of hydrogen-bond donors (Lipinski definition) is 1. The van der Waals surface area contributed by atoms with Crippen molar-refractivity contribution in [3.8, 4) is 0 Å². The van der Waals surface area contributed by atoms with Crippen molar-refractivity contribution < 1.29 is 4.79 Å². The molecule has 0 unspecified atom stereocenters. The number of thioether (sulfide) groups is 1. The van der Waals surface area contributed by atoms with Crippen LogP contribution in [0, 0.1) is 30.1 Å². The number of aryl methyl sites for hydroxylation is 1. The highest BCUT2D eigenvalue weighted by atomic mass is 32.2. The van der Waals surface area contributed by atoms with Crippen LogP contribution in [0.15, 0.2) is 5.16 Å². The van der Waals surface area contributed by atoms with Gasteiger partial charge in [-0.1, -0.05) is 23.1 Å². The van der Waals surface area contributed by atoms with Gasteiger partial charge in [0.05, 0.1) is 5.75 Å². The van der Waals surface area contributed by atoms with E-state index in [0.717, 1.165) is 40.2 Å². The van der Waals surface area contributed by atoms with E-state index in [2.05, 4.69) is 30.3 Å². The van der Waals surface area contributed by atoms with Crippen LogP contribution in [0.5, 0.6) is 0 Å². The Hall–Kier alpha value is -1.48. The predicted octanol–water partition coefficient (Wildman–Crippen LogP) is 3.46. The summed E-state index contributed by atoms with van der Waals surface area (Å²) in [6, 6.07) is 0. The summed E-state index contributed by atoms with van der Waals surface area (Å²) in [5.41, 5.74) is 0.449. The summed E-state index contributed by atoms with van der Waals surface area (Å²) < 4.78 is 2.09. The molecule has 0 aliphatic heterocycles. The Morgan fingerprint density at radius 2 is 1.82 bits per heavy atom. The molecule has 28 heavy (non-hydrogen) atoms. The molecule has 2 aromatic heterocycles. The molecule has 2 aromatic rings. The first kappa shape index (κ1) is 18.5. The van der Waals surface area contributed by atoms with E-state index in [0.29, 0.717) is 16.3 Å². The lowest BCUT2D eigenvalue weighted by Crippen LogP contribution is -2.47. The molecule has 0 spiro atoms. The second-order valence-electron chi connectivity index (χ2n) is 9.02. The van der Waals surface area contributed by atoms with E-state index >= 15 is 0 Å². The Kier molecular flexibility index (Phi) is 4.70. The Morgan fingerprint density at radius 1 is 1.14 bits per heavy atom. The maximum atomic E-state index is 12.2. The van der Waals surface area contributed by atoms with Crippen LogP contribution < -0.4 is 5.32 Å². The van der Waals surface area contributed by atoms with Crippen LogP contribution >= 0.6 is 23.1 Å². The van der Waals surface area contributed by atoms with Crippen molar-refractivity contribution in [2.75, 3.05) is 11.1 Å². The van der Waals surface area contributed by atoms with Gasteiger partial charge in [0.15, 0.2) is 5.16 Å². The zero-order chi connectivity index (χ0) is 19.3. The molecule has 2 heterocycles. The maximum absolute atomic E-state index is 12.2. The number of aromatic nitrogens is 5. The molecule has 0 saturated heterocycles. The van der Waals surface area contributed by atoms with Gasteiger partial charge in [-0.25, -0.2) is 0 Å². The van der Waals surface area contributed by atoms with E-state index in [9.17, 15) is 4.79 Å². The highest BCUT2D eigenvalue weighted by Gasteiger charge is 2.51. The third-order valence-corrected chi connectivity index (χ3v) is 8.50. The zero-order valence-corrected chi connectivity index (χ0v) is 18.0. The first-order chi connectivity index (χ1) is 13.5. The third-order valence-electron chi connectivity index (χ3n) is 6.73. The minimum Gasteiger partial charge on any atom is -0.309 e. The Labute approximate surface area is 173 Å². The van der Waals surface area contributed by atoms with Crippen LogP contribution in [0.3, 0.4) is 0 Å². The summed E-state index contributed by atoms with van der Waals surface area (Å²) in [4.78, 5) is 12.2. The number of amides is 1. The molecule has 4 saturated carbocycles. The molecule has 150 valence electrons. The summed E-state index contributed by atoms with van der Waals surface area (Å²) in [6.07, 6.45) is 9.54. The van der Waals surface area contributed by atoms with Crippen LogP contribution in [-0.2, 0) is 18.3 Å². The number of carbonyl (C=O) groups excluding carboxylic acids is 1. The summed E-state index contributed by atoms with van der Waals surface area (Å²) in [5, 5.41) is 21.7. The number of nitrogens with one attached hydrogen (secondary N) is 1. The van der Waals surface area contributed by atoms with Crippen molar-refractivity contribution in [3.05, 3.63) is 10.8 Å². The minimum atomic E-state index is -0.0909. The molecule has 4 fully saturated rings. The summed E-state index contributed by atoms with van der Waals surface area (Å²) in [7, 11) is 2.03. The fraction of sp³-hybridized carbons (Fsp3) is 0.737. The van der Waals surface area contributed by atoms with Crippen molar-refractivity contribution in [3.63, 3.8) is 0 Å². The second-order valence-corrected chi connectivity index (χ2v) is 11.1. The smallest absolute Gasteiger partial charge is 0.236 e. The Balaban J connectivity index is 1.21. The summed E-state index contributed by atoms with van der Waals surface area (Å²) >= 11 is 2.81. The number of carbonyl (C=O) groups is 1. The molecule has 7 nitrogen and oxygen atoms in total. The average Bonchev–Trinajstić information content (AvgIpc) is 3.18. The van der Waals surface area contributed by atoms with Crippen molar-refractivity contribution in [1.29, 1.82) is 0 Å². The molecule has 1 amide bonds. The van der Waals surface area contributed by atoms with Crippen LogP contribution in [-0.4, -0.2) is 36.6 Å². The maximum Gasteiger partial charge on any atom is 0.236 e. The molecule has 1 N–H and O–H groups in total. The van der Waals surface area contributed by atoms with Gasteiger partial charge in [0.25, 0.3) is 0 Å². The van der Waals surface area contributed by atoms with Gasteiger partial charge < -0.3 is 4.57 Å². The summed E-state index contributed by atoms with van der Waals surface area (Å²) in [6.45, 7) is 1.87. The van der Waals surface area contributed by atoms with E-state index in [1.54, 1.807) is 0 Å². The average molecular weight is 419 g/mol.